The van der Waals surface area contributed by atoms with Crippen molar-refractivity contribution in [2.24, 2.45) is 5.92 Å². The molecule has 3 atom stereocenters. The predicted molar refractivity (Wildman–Crippen MR) is 73.3 cm³/mol. The van der Waals surface area contributed by atoms with Crippen molar-refractivity contribution in [2.45, 2.75) is 50.7 Å². The molecule has 0 saturated carbocycles. The van der Waals surface area contributed by atoms with E-state index in [4.69, 9.17) is 0 Å². The van der Waals surface area contributed by atoms with E-state index >= 15 is 0 Å². The SMILES string of the molecule is CSCC(C)C(=O)N(C)C1CC2CCC(C1)N2. The molecule has 1 N–H and O–H groups in total. The number of hydrogen-bond acceptors (Lipinski definition) is 3. The Morgan fingerprint density at radius 1 is 1.41 bits per heavy atom. The Bertz CT molecular complexity index is 273. The maximum absolute atomic E-state index is 12.3. The standard InChI is InChI=1S/C13H24N2OS/c1-9(8-17-3)13(16)15(2)12-6-10-4-5-11(7-12)14-10/h9-12,14H,4-8H2,1-3H3. The molecule has 2 saturated heterocycles. The van der Waals surface area contributed by atoms with Gasteiger partial charge in [-0.25, -0.2) is 0 Å². The highest BCUT2D eigenvalue weighted by Crippen LogP contribution is 2.29. The maximum Gasteiger partial charge on any atom is 0.226 e. The van der Waals surface area contributed by atoms with Crippen molar-refractivity contribution in [1.29, 1.82) is 0 Å². The average Bonchev–Trinajstić information content (AvgIpc) is 2.66. The monoisotopic (exact) mass is 256 g/mol. The van der Waals surface area contributed by atoms with Crippen LogP contribution in [-0.2, 0) is 4.79 Å². The number of carbonyl (C=O) groups excluding carboxylic acids is 1. The van der Waals surface area contributed by atoms with Gasteiger partial charge in [0.2, 0.25) is 5.91 Å². The molecule has 2 aliphatic heterocycles. The number of amides is 1. The van der Waals surface area contributed by atoms with Gasteiger partial charge in [-0.15, -0.1) is 0 Å². The minimum Gasteiger partial charge on any atom is -0.342 e. The fraction of sp³-hybridized carbons (Fsp3) is 0.923. The molecular formula is C13H24N2OS. The van der Waals surface area contributed by atoms with Gasteiger partial charge < -0.3 is 10.2 Å². The van der Waals surface area contributed by atoms with Crippen LogP contribution in [0.2, 0.25) is 0 Å². The number of thioether (sulfide) groups is 1. The second kappa shape index (κ2) is 5.61. The topological polar surface area (TPSA) is 32.3 Å². The number of nitrogens with zero attached hydrogens (tertiary/aromatic N) is 1. The van der Waals surface area contributed by atoms with Crippen LogP contribution in [0.25, 0.3) is 0 Å². The van der Waals surface area contributed by atoms with Gasteiger partial charge in [-0.2, -0.15) is 11.8 Å². The Morgan fingerprint density at radius 2 is 2.00 bits per heavy atom. The van der Waals surface area contributed by atoms with Crippen LogP contribution in [0.1, 0.15) is 32.6 Å². The highest BCUT2D eigenvalue weighted by atomic mass is 32.2. The summed E-state index contributed by atoms with van der Waals surface area (Å²) in [5, 5.41) is 3.63. The van der Waals surface area contributed by atoms with E-state index in [1.807, 2.05) is 18.9 Å². The van der Waals surface area contributed by atoms with Gasteiger partial charge in [-0.3, -0.25) is 4.79 Å². The molecule has 1 amide bonds. The Kier molecular flexibility index (Phi) is 4.36. The van der Waals surface area contributed by atoms with Crippen LogP contribution < -0.4 is 5.32 Å². The van der Waals surface area contributed by atoms with Crippen LogP contribution in [0.3, 0.4) is 0 Å². The summed E-state index contributed by atoms with van der Waals surface area (Å²) in [6.07, 6.45) is 6.94. The van der Waals surface area contributed by atoms with E-state index < -0.39 is 0 Å². The fourth-order valence-electron chi connectivity index (χ4n) is 3.19. The Morgan fingerprint density at radius 3 is 2.53 bits per heavy atom. The number of nitrogens with one attached hydrogen (secondary N) is 1. The van der Waals surface area contributed by atoms with Crippen molar-refractivity contribution in [2.75, 3.05) is 19.1 Å². The van der Waals surface area contributed by atoms with Crippen molar-refractivity contribution in [3.05, 3.63) is 0 Å². The lowest BCUT2D eigenvalue weighted by molar-refractivity contribution is -0.135. The molecule has 0 aliphatic carbocycles. The number of carbonyl (C=O) groups is 1. The highest BCUT2D eigenvalue weighted by Gasteiger charge is 2.36. The van der Waals surface area contributed by atoms with Gasteiger partial charge in [0.25, 0.3) is 0 Å². The lowest BCUT2D eigenvalue weighted by Crippen LogP contribution is -2.50. The van der Waals surface area contributed by atoms with Gasteiger partial charge >= 0.3 is 0 Å². The van der Waals surface area contributed by atoms with Gasteiger partial charge in [-0.05, 0) is 31.9 Å². The minimum atomic E-state index is 0.155. The molecule has 0 aromatic heterocycles. The zero-order chi connectivity index (χ0) is 12.4. The number of rotatable bonds is 4. The molecular weight excluding hydrogens is 232 g/mol. The molecule has 0 aromatic carbocycles. The summed E-state index contributed by atoms with van der Waals surface area (Å²) in [4.78, 5) is 14.3. The van der Waals surface area contributed by atoms with Crippen molar-refractivity contribution in [1.82, 2.24) is 10.2 Å². The van der Waals surface area contributed by atoms with E-state index in [1.54, 1.807) is 11.8 Å². The summed E-state index contributed by atoms with van der Waals surface area (Å²) >= 11 is 1.76. The van der Waals surface area contributed by atoms with Gasteiger partial charge in [0, 0.05) is 36.8 Å². The average molecular weight is 256 g/mol. The van der Waals surface area contributed by atoms with E-state index in [-0.39, 0.29) is 5.92 Å². The van der Waals surface area contributed by atoms with E-state index in [2.05, 4.69) is 11.6 Å². The lowest BCUT2D eigenvalue weighted by Gasteiger charge is -2.36. The van der Waals surface area contributed by atoms with Gasteiger partial charge in [-0.1, -0.05) is 6.92 Å². The van der Waals surface area contributed by atoms with Gasteiger partial charge in [0.05, 0.1) is 0 Å². The first-order chi connectivity index (χ1) is 8.11. The Balaban J connectivity index is 1.91. The first kappa shape index (κ1) is 13.2. The van der Waals surface area contributed by atoms with Gasteiger partial charge in [0.1, 0.15) is 0 Å². The summed E-state index contributed by atoms with van der Waals surface area (Å²) in [6, 6.07) is 1.78. The molecule has 2 rings (SSSR count). The van der Waals surface area contributed by atoms with Crippen molar-refractivity contribution < 1.29 is 4.79 Å². The molecule has 3 nitrogen and oxygen atoms in total. The zero-order valence-corrected chi connectivity index (χ0v) is 11.9. The molecule has 0 aromatic rings. The smallest absolute Gasteiger partial charge is 0.226 e. The molecule has 0 radical (unpaired) electrons. The quantitative estimate of drug-likeness (QED) is 0.831. The van der Waals surface area contributed by atoms with Crippen molar-refractivity contribution in [3.8, 4) is 0 Å². The number of piperidine rings is 1. The molecule has 4 heteroatoms. The highest BCUT2D eigenvalue weighted by molar-refractivity contribution is 7.98. The largest absolute Gasteiger partial charge is 0.342 e. The Hall–Kier alpha value is -0.220. The van der Waals surface area contributed by atoms with E-state index in [0.717, 1.165) is 18.6 Å². The third-order valence-electron chi connectivity index (χ3n) is 4.18. The molecule has 98 valence electrons. The van der Waals surface area contributed by atoms with Crippen LogP contribution >= 0.6 is 11.8 Å². The van der Waals surface area contributed by atoms with E-state index in [0.29, 0.717) is 24.0 Å². The maximum atomic E-state index is 12.3. The molecule has 2 bridgehead atoms. The lowest BCUT2D eigenvalue weighted by atomic mass is 9.97. The van der Waals surface area contributed by atoms with Crippen LogP contribution in [0.5, 0.6) is 0 Å². The molecule has 2 fully saturated rings. The third-order valence-corrected chi connectivity index (χ3v) is 5.02. The van der Waals surface area contributed by atoms with E-state index in [9.17, 15) is 4.79 Å². The van der Waals surface area contributed by atoms with Crippen LogP contribution in [0, 0.1) is 5.92 Å². The molecule has 17 heavy (non-hydrogen) atoms. The normalized spacial score (nSPS) is 33.5. The van der Waals surface area contributed by atoms with Crippen molar-refractivity contribution in [3.63, 3.8) is 0 Å². The molecule has 2 aliphatic rings. The third kappa shape index (κ3) is 2.97. The number of hydrogen-bond donors (Lipinski definition) is 1. The van der Waals surface area contributed by atoms with Crippen LogP contribution in [0.15, 0.2) is 0 Å². The first-order valence-corrected chi connectivity index (χ1v) is 8.03. The van der Waals surface area contributed by atoms with Crippen LogP contribution in [-0.4, -0.2) is 48.0 Å². The molecule has 0 spiro atoms. The van der Waals surface area contributed by atoms with Crippen LogP contribution in [0.4, 0.5) is 0 Å². The second-order valence-electron chi connectivity index (χ2n) is 5.57. The Labute approximate surface area is 109 Å². The summed E-state index contributed by atoms with van der Waals surface area (Å²) in [5.41, 5.74) is 0. The van der Waals surface area contributed by atoms with Gasteiger partial charge in [0.15, 0.2) is 0 Å². The second-order valence-corrected chi connectivity index (χ2v) is 6.48. The number of fused-ring (bicyclic) bond motifs is 2. The first-order valence-electron chi connectivity index (χ1n) is 6.63. The van der Waals surface area contributed by atoms with Crippen molar-refractivity contribution >= 4 is 17.7 Å². The zero-order valence-electron chi connectivity index (χ0n) is 11.1. The predicted octanol–water partition coefficient (Wildman–Crippen LogP) is 1.73. The summed E-state index contributed by atoms with van der Waals surface area (Å²) in [6.45, 7) is 2.05. The molecule has 3 unspecified atom stereocenters. The minimum absolute atomic E-state index is 0.155. The molecule has 2 heterocycles. The summed E-state index contributed by atoms with van der Waals surface area (Å²) in [5.74, 6) is 1.41. The van der Waals surface area contributed by atoms with E-state index in [1.165, 1.54) is 12.8 Å². The fourth-order valence-corrected chi connectivity index (χ4v) is 3.83. The summed E-state index contributed by atoms with van der Waals surface area (Å²) < 4.78 is 0. The summed E-state index contributed by atoms with van der Waals surface area (Å²) in [7, 11) is 1.99.